The van der Waals surface area contributed by atoms with Gasteiger partial charge in [0.15, 0.2) is 0 Å². The van der Waals surface area contributed by atoms with Crippen molar-refractivity contribution < 1.29 is 4.79 Å². The molecule has 0 aliphatic carbocycles. The minimum atomic E-state index is 0.00877. The average molecular weight is 321 g/mol. The number of aromatic amines is 1. The van der Waals surface area contributed by atoms with Crippen molar-refractivity contribution in [3.63, 3.8) is 0 Å². The summed E-state index contributed by atoms with van der Waals surface area (Å²) >= 11 is 0. The second-order valence-corrected chi connectivity index (χ2v) is 7.14. The van der Waals surface area contributed by atoms with Crippen LogP contribution in [0.1, 0.15) is 37.6 Å². The highest BCUT2D eigenvalue weighted by atomic mass is 16.1. The molecule has 2 heterocycles. The Morgan fingerprint density at radius 2 is 1.92 bits per heavy atom. The maximum absolute atomic E-state index is 12.1. The number of benzene rings is 1. The van der Waals surface area contributed by atoms with E-state index in [1.807, 2.05) is 30.5 Å². The van der Waals surface area contributed by atoms with E-state index >= 15 is 0 Å². The molecule has 3 aromatic rings. The van der Waals surface area contributed by atoms with Crippen molar-refractivity contribution in [3.05, 3.63) is 65.6 Å². The molecule has 3 rings (SSSR count). The molecule has 0 saturated heterocycles. The van der Waals surface area contributed by atoms with Crippen LogP contribution in [0.25, 0.3) is 10.9 Å². The van der Waals surface area contributed by atoms with Gasteiger partial charge in [0, 0.05) is 11.6 Å². The zero-order valence-electron chi connectivity index (χ0n) is 14.4. The Labute approximate surface area is 142 Å². The fraction of sp³-hybridized carbons (Fsp3) is 0.300. The van der Waals surface area contributed by atoms with Crippen LogP contribution in [0.2, 0.25) is 0 Å². The van der Waals surface area contributed by atoms with Gasteiger partial charge in [-0.25, -0.2) is 0 Å². The molecular formula is C20H23N3O. The van der Waals surface area contributed by atoms with Gasteiger partial charge < -0.3 is 10.3 Å². The number of hydrogen-bond acceptors (Lipinski definition) is 2. The molecule has 0 radical (unpaired) electrons. The summed E-state index contributed by atoms with van der Waals surface area (Å²) in [4.78, 5) is 19.6. The van der Waals surface area contributed by atoms with Crippen LogP contribution in [0.5, 0.6) is 0 Å². The molecule has 0 aliphatic rings. The number of carbonyl (C=O) groups excluding carboxylic acids is 1. The molecule has 0 atom stereocenters. The monoisotopic (exact) mass is 321 g/mol. The lowest BCUT2D eigenvalue weighted by molar-refractivity contribution is -0.120. The first-order valence-electron chi connectivity index (χ1n) is 8.20. The van der Waals surface area contributed by atoms with Gasteiger partial charge in [0.05, 0.1) is 30.4 Å². The van der Waals surface area contributed by atoms with Crippen molar-refractivity contribution in [3.8, 4) is 0 Å². The van der Waals surface area contributed by atoms with Gasteiger partial charge in [0.2, 0.25) is 5.91 Å². The SMILES string of the molecule is CC(C)(C)c1ccc(CC(=O)NCc2cc3cc[nH]c3cn2)cc1. The third-order valence-electron chi connectivity index (χ3n) is 4.15. The number of aromatic nitrogens is 2. The molecule has 4 heteroatoms. The van der Waals surface area contributed by atoms with Crippen molar-refractivity contribution in [1.82, 2.24) is 15.3 Å². The summed E-state index contributed by atoms with van der Waals surface area (Å²) < 4.78 is 0. The van der Waals surface area contributed by atoms with Gasteiger partial charge in [-0.1, -0.05) is 45.0 Å². The summed E-state index contributed by atoms with van der Waals surface area (Å²) in [5, 5.41) is 4.04. The van der Waals surface area contributed by atoms with Gasteiger partial charge in [-0.3, -0.25) is 9.78 Å². The first-order valence-corrected chi connectivity index (χ1v) is 8.20. The van der Waals surface area contributed by atoms with Gasteiger partial charge in [0.1, 0.15) is 0 Å². The summed E-state index contributed by atoms with van der Waals surface area (Å²) in [5.74, 6) is 0.00877. The normalized spacial score (nSPS) is 11.6. The Morgan fingerprint density at radius 1 is 1.17 bits per heavy atom. The van der Waals surface area contributed by atoms with Gasteiger partial charge in [-0.2, -0.15) is 0 Å². The predicted octanol–water partition coefficient (Wildman–Crippen LogP) is 3.72. The maximum atomic E-state index is 12.1. The number of nitrogens with one attached hydrogen (secondary N) is 2. The van der Waals surface area contributed by atoms with Crippen molar-refractivity contribution >= 4 is 16.8 Å². The van der Waals surface area contributed by atoms with Crippen LogP contribution in [0, 0.1) is 0 Å². The molecule has 0 saturated carbocycles. The fourth-order valence-corrected chi connectivity index (χ4v) is 2.65. The number of rotatable bonds is 4. The largest absolute Gasteiger partial charge is 0.360 e. The van der Waals surface area contributed by atoms with Gasteiger partial charge in [-0.15, -0.1) is 0 Å². The average Bonchev–Trinajstić information content (AvgIpc) is 3.00. The molecule has 0 spiro atoms. The fourth-order valence-electron chi connectivity index (χ4n) is 2.65. The molecule has 0 aliphatic heterocycles. The first kappa shape index (κ1) is 16.2. The highest BCUT2D eigenvalue weighted by molar-refractivity contribution is 5.80. The molecule has 2 aromatic heterocycles. The molecule has 4 nitrogen and oxygen atoms in total. The Balaban J connectivity index is 1.57. The van der Waals surface area contributed by atoms with Crippen molar-refractivity contribution in [2.75, 3.05) is 0 Å². The van der Waals surface area contributed by atoms with Crippen molar-refractivity contribution in [2.24, 2.45) is 0 Å². The number of fused-ring (bicyclic) bond motifs is 1. The molecule has 0 bridgehead atoms. The van der Waals surface area contributed by atoms with Gasteiger partial charge in [-0.05, 0) is 28.7 Å². The summed E-state index contributed by atoms with van der Waals surface area (Å²) in [6.07, 6.45) is 4.06. The van der Waals surface area contributed by atoms with Crippen LogP contribution in [0.4, 0.5) is 0 Å². The smallest absolute Gasteiger partial charge is 0.224 e. The summed E-state index contributed by atoms with van der Waals surface area (Å²) in [6.45, 7) is 7.00. The zero-order chi connectivity index (χ0) is 17.2. The Hall–Kier alpha value is -2.62. The van der Waals surface area contributed by atoms with E-state index in [0.29, 0.717) is 13.0 Å². The van der Waals surface area contributed by atoms with E-state index in [1.54, 1.807) is 6.20 Å². The minimum absolute atomic E-state index is 0.00877. The highest BCUT2D eigenvalue weighted by Gasteiger charge is 2.13. The van der Waals surface area contributed by atoms with Gasteiger partial charge >= 0.3 is 0 Å². The minimum Gasteiger partial charge on any atom is -0.360 e. The lowest BCUT2D eigenvalue weighted by atomic mass is 9.86. The van der Waals surface area contributed by atoms with Crippen LogP contribution in [-0.2, 0) is 23.2 Å². The third-order valence-corrected chi connectivity index (χ3v) is 4.15. The number of nitrogens with zero attached hydrogens (tertiary/aromatic N) is 1. The van der Waals surface area contributed by atoms with Crippen LogP contribution in [-0.4, -0.2) is 15.9 Å². The van der Waals surface area contributed by atoms with Crippen LogP contribution >= 0.6 is 0 Å². The van der Waals surface area contributed by atoms with Crippen LogP contribution in [0.3, 0.4) is 0 Å². The molecule has 24 heavy (non-hydrogen) atoms. The Morgan fingerprint density at radius 3 is 2.62 bits per heavy atom. The van der Waals surface area contributed by atoms with E-state index in [1.165, 1.54) is 5.56 Å². The maximum Gasteiger partial charge on any atom is 0.224 e. The third kappa shape index (κ3) is 3.82. The quantitative estimate of drug-likeness (QED) is 0.769. The van der Waals surface area contributed by atoms with E-state index in [9.17, 15) is 4.79 Å². The van der Waals surface area contributed by atoms with Crippen LogP contribution < -0.4 is 5.32 Å². The van der Waals surface area contributed by atoms with E-state index in [4.69, 9.17) is 0 Å². The second kappa shape index (κ2) is 6.48. The molecule has 0 fully saturated rings. The number of H-pyrrole nitrogens is 1. The standard InChI is InChI=1S/C20H23N3O/c1-20(2,3)16-6-4-14(5-7-16)10-19(24)23-12-17-11-15-8-9-21-18(15)13-22-17/h4-9,11,13,21H,10,12H2,1-3H3,(H,23,24). The Bertz CT molecular complexity index is 841. The van der Waals surface area contributed by atoms with Crippen molar-refractivity contribution in [2.45, 2.75) is 39.2 Å². The van der Waals surface area contributed by atoms with Crippen molar-refractivity contribution in [1.29, 1.82) is 0 Å². The van der Waals surface area contributed by atoms with Gasteiger partial charge in [0.25, 0.3) is 0 Å². The van der Waals surface area contributed by atoms with E-state index in [2.05, 4.69) is 48.2 Å². The Kier molecular flexibility index (Phi) is 4.38. The number of amides is 1. The number of hydrogen-bond donors (Lipinski definition) is 2. The highest BCUT2D eigenvalue weighted by Crippen LogP contribution is 2.22. The molecule has 124 valence electrons. The molecular weight excluding hydrogens is 298 g/mol. The topological polar surface area (TPSA) is 57.8 Å². The summed E-state index contributed by atoms with van der Waals surface area (Å²) in [6, 6.07) is 12.3. The van der Waals surface area contributed by atoms with Crippen LogP contribution in [0.15, 0.2) is 48.8 Å². The molecule has 1 aromatic carbocycles. The zero-order valence-corrected chi connectivity index (χ0v) is 14.4. The van der Waals surface area contributed by atoms with E-state index in [-0.39, 0.29) is 11.3 Å². The summed E-state index contributed by atoms with van der Waals surface area (Å²) in [5.41, 5.74) is 4.29. The molecule has 0 unspecified atom stereocenters. The number of pyridine rings is 1. The predicted molar refractivity (Wildman–Crippen MR) is 96.8 cm³/mol. The summed E-state index contributed by atoms with van der Waals surface area (Å²) in [7, 11) is 0. The first-order chi connectivity index (χ1) is 11.4. The van der Waals surface area contributed by atoms with E-state index < -0.39 is 0 Å². The van der Waals surface area contributed by atoms with E-state index in [0.717, 1.165) is 22.2 Å². The lowest BCUT2D eigenvalue weighted by Crippen LogP contribution is -2.25. The lowest BCUT2D eigenvalue weighted by Gasteiger charge is -2.19. The molecule has 2 N–H and O–H groups in total. The molecule has 1 amide bonds. The second-order valence-electron chi connectivity index (χ2n) is 7.14. The number of carbonyl (C=O) groups is 1.